The highest BCUT2D eigenvalue weighted by molar-refractivity contribution is 7.93. The number of benzene rings is 1. The Morgan fingerprint density at radius 1 is 1.13 bits per heavy atom. The molecule has 6 nitrogen and oxygen atoms in total. The number of rotatable bonds is 4. The van der Waals surface area contributed by atoms with Gasteiger partial charge in [-0.1, -0.05) is 18.2 Å². The van der Waals surface area contributed by atoms with Gasteiger partial charge in [0.25, 0.3) is 10.0 Å². The van der Waals surface area contributed by atoms with Crippen LogP contribution in [0.5, 0.6) is 0 Å². The molecule has 1 N–H and O–H groups in total. The SMILES string of the molecule is CN(c1ccccc1)S(=O)(=O)c1cnccc1N1CCNCC1. The molecular weight excluding hydrogens is 312 g/mol. The summed E-state index contributed by atoms with van der Waals surface area (Å²) in [7, 11) is -2.09. The molecule has 0 radical (unpaired) electrons. The summed E-state index contributed by atoms with van der Waals surface area (Å²) < 4.78 is 27.4. The molecule has 1 fully saturated rings. The third-order valence-electron chi connectivity index (χ3n) is 3.98. The van der Waals surface area contributed by atoms with Gasteiger partial charge < -0.3 is 10.2 Å². The Morgan fingerprint density at radius 2 is 1.83 bits per heavy atom. The monoisotopic (exact) mass is 332 g/mol. The molecule has 0 spiro atoms. The van der Waals surface area contributed by atoms with Crippen LogP contribution in [0.15, 0.2) is 53.7 Å². The van der Waals surface area contributed by atoms with Gasteiger partial charge in [-0.25, -0.2) is 8.42 Å². The number of anilines is 2. The second-order valence-electron chi connectivity index (χ2n) is 5.39. The quantitative estimate of drug-likeness (QED) is 0.915. The maximum Gasteiger partial charge on any atom is 0.267 e. The Morgan fingerprint density at radius 3 is 2.52 bits per heavy atom. The van der Waals surface area contributed by atoms with Gasteiger partial charge in [-0.15, -0.1) is 0 Å². The lowest BCUT2D eigenvalue weighted by Gasteiger charge is -2.31. The molecule has 122 valence electrons. The molecular formula is C16H20N4O2S. The summed E-state index contributed by atoms with van der Waals surface area (Å²) in [6.07, 6.45) is 3.07. The standard InChI is InChI=1S/C16H20N4O2S/c1-19(14-5-3-2-4-6-14)23(21,22)16-13-18-8-7-15(16)20-11-9-17-10-12-20/h2-8,13,17H,9-12H2,1H3. The average molecular weight is 332 g/mol. The van der Waals surface area contributed by atoms with Crippen molar-refractivity contribution in [2.75, 3.05) is 42.4 Å². The molecule has 1 aromatic carbocycles. The van der Waals surface area contributed by atoms with E-state index in [1.165, 1.54) is 10.5 Å². The van der Waals surface area contributed by atoms with Crippen LogP contribution >= 0.6 is 0 Å². The largest absolute Gasteiger partial charge is 0.368 e. The molecule has 23 heavy (non-hydrogen) atoms. The summed E-state index contributed by atoms with van der Waals surface area (Å²) in [5, 5.41) is 3.27. The molecule has 0 aliphatic carbocycles. The number of piperazine rings is 1. The number of hydrogen-bond donors (Lipinski definition) is 1. The molecule has 1 saturated heterocycles. The highest BCUT2D eigenvalue weighted by Crippen LogP contribution is 2.29. The van der Waals surface area contributed by atoms with Crippen LogP contribution in [0, 0.1) is 0 Å². The topological polar surface area (TPSA) is 65.5 Å². The zero-order valence-corrected chi connectivity index (χ0v) is 13.8. The molecule has 2 heterocycles. The number of hydrogen-bond acceptors (Lipinski definition) is 5. The second-order valence-corrected chi connectivity index (χ2v) is 7.33. The number of nitrogens with zero attached hydrogens (tertiary/aromatic N) is 3. The smallest absolute Gasteiger partial charge is 0.267 e. The molecule has 2 aromatic rings. The van der Waals surface area contributed by atoms with Gasteiger partial charge in [0.15, 0.2) is 0 Å². The molecule has 0 atom stereocenters. The fourth-order valence-electron chi connectivity index (χ4n) is 2.66. The minimum atomic E-state index is -3.66. The van der Waals surface area contributed by atoms with Gasteiger partial charge in [-0.2, -0.15) is 0 Å². The lowest BCUT2D eigenvalue weighted by Crippen LogP contribution is -2.44. The summed E-state index contributed by atoms with van der Waals surface area (Å²) in [4.78, 5) is 6.37. The van der Waals surface area contributed by atoms with Gasteiger partial charge in [-0.05, 0) is 18.2 Å². The summed E-state index contributed by atoms with van der Waals surface area (Å²) in [6.45, 7) is 3.25. The minimum absolute atomic E-state index is 0.244. The van der Waals surface area contributed by atoms with E-state index in [4.69, 9.17) is 0 Å². The van der Waals surface area contributed by atoms with E-state index >= 15 is 0 Å². The van der Waals surface area contributed by atoms with E-state index in [0.717, 1.165) is 26.2 Å². The van der Waals surface area contributed by atoms with E-state index in [1.807, 2.05) is 18.2 Å². The normalized spacial score (nSPS) is 15.4. The number of nitrogens with one attached hydrogen (secondary N) is 1. The van der Waals surface area contributed by atoms with Gasteiger partial charge in [0.1, 0.15) is 4.90 Å². The number of aromatic nitrogens is 1. The maximum absolute atomic E-state index is 13.0. The van der Waals surface area contributed by atoms with Gasteiger partial charge in [-0.3, -0.25) is 9.29 Å². The first-order valence-corrected chi connectivity index (χ1v) is 8.98. The van der Waals surface area contributed by atoms with E-state index in [2.05, 4.69) is 15.2 Å². The summed E-state index contributed by atoms with van der Waals surface area (Å²) in [5.74, 6) is 0. The molecule has 0 unspecified atom stereocenters. The molecule has 0 saturated carbocycles. The van der Waals surface area contributed by atoms with Crippen LogP contribution in [0.3, 0.4) is 0 Å². The highest BCUT2D eigenvalue weighted by atomic mass is 32.2. The molecule has 1 aromatic heterocycles. The lowest BCUT2D eigenvalue weighted by atomic mass is 10.3. The number of para-hydroxylation sites is 1. The molecule has 3 rings (SSSR count). The van der Waals surface area contributed by atoms with Crippen LogP contribution in [0.4, 0.5) is 11.4 Å². The highest BCUT2D eigenvalue weighted by Gasteiger charge is 2.27. The van der Waals surface area contributed by atoms with Crippen LogP contribution in [-0.2, 0) is 10.0 Å². The van der Waals surface area contributed by atoms with Crippen molar-refractivity contribution in [3.8, 4) is 0 Å². The van der Waals surface area contributed by atoms with Crippen LogP contribution in [0.2, 0.25) is 0 Å². The van der Waals surface area contributed by atoms with Gasteiger partial charge in [0.2, 0.25) is 0 Å². The molecule has 1 aliphatic rings. The predicted octanol–water partition coefficient (Wildman–Crippen LogP) is 1.32. The Hall–Kier alpha value is -2.12. The first kappa shape index (κ1) is 15.8. The Kier molecular flexibility index (Phi) is 4.49. The Balaban J connectivity index is 2.00. The summed E-state index contributed by atoms with van der Waals surface area (Å²) in [6, 6.07) is 10.8. The Bertz CT molecular complexity index is 759. The molecule has 1 aliphatic heterocycles. The maximum atomic E-state index is 13.0. The lowest BCUT2D eigenvalue weighted by molar-refractivity contribution is 0.578. The average Bonchev–Trinajstić information content (AvgIpc) is 2.62. The zero-order valence-electron chi connectivity index (χ0n) is 13.0. The van der Waals surface area contributed by atoms with Crippen LogP contribution in [0.25, 0.3) is 0 Å². The van der Waals surface area contributed by atoms with E-state index < -0.39 is 10.0 Å². The van der Waals surface area contributed by atoms with Crippen molar-refractivity contribution in [1.82, 2.24) is 10.3 Å². The fraction of sp³-hybridized carbons (Fsp3) is 0.312. The van der Waals surface area contributed by atoms with Crippen molar-refractivity contribution in [3.05, 3.63) is 48.8 Å². The van der Waals surface area contributed by atoms with Crippen LogP contribution < -0.4 is 14.5 Å². The van der Waals surface area contributed by atoms with Crippen molar-refractivity contribution in [2.45, 2.75) is 4.90 Å². The first-order valence-electron chi connectivity index (χ1n) is 7.54. The molecule has 0 amide bonds. The van der Waals surface area contributed by atoms with Crippen molar-refractivity contribution in [2.24, 2.45) is 0 Å². The van der Waals surface area contributed by atoms with Crippen molar-refractivity contribution in [1.29, 1.82) is 0 Å². The van der Waals surface area contributed by atoms with Gasteiger partial charge in [0.05, 0.1) is 11.4 Å². The number of pyridine rings is 1. The second kappa shape index (κ2) is 6.55. The predicted molar refractivity (Wildman–Crippen MR) is 91.4 cm³/mol. The van der Waals surface area contributed by atoms with Crippen LogP contribution in [0.1, 0.15) is 0 Å². The molecule has 7 heteroatoms. The minimum Gasteiger partial charge on any atom is -0.368 e. The number of sulfonamides is 1. The van der Waals surface area contributed by atoms with E-state index in [-0.39, 0.29) is 4.90 Å². The van der Waals surface area contributed by atoms with E-state index in [9.17, 15) is 8.42 Å². The van der Waals surface area contributed by atoms with Crippen LogP contribution in [-0.4, -0.2) is 46.6 Å². The van der Waals surface area contributed by atoms with Crippen molar-refractivity contribution in [3.63, 3.8) is 0 Å². The van der Waals surface area contributed by atoms with Crippen molar-refractivity contribution >= 4 is 21.4 Å². The first-order chi connectivity index (χ1) is 11.1. The third kappa shape index (κ3) is 3.16. The summed E-state index contributed by atoms with van der Waals surface area (Å²) >= 11 is 0. The summed E-state index contributed by atoms with van der Waals surface area (Å²) in [5.41, 5.74) is 1.34. The van der Waals surface area contributed by atoms with E-state index in [0.29, 0.717) is 11.4 Å². The third-order valence-corrected chi connectivity index (χ3v) is 5.78. The van der Waals surface area contributed by atoms with Gasteiger partial charge in [0, 0.05) is 45.6 Å². The fourth-order valence-corrected chi connectivity index (χ4v) is 4.01. The van der Waals surface area contributed by atoms with E-state index in [1.54, 1.807) is 31.4 Å². The zero-order chi connectivity index (χ0) is 16.3. The Labute approximate surface area is 136 Å². The van der Waals surface area contributed by atoms with Crippen molar-refractivity contribution < 1.29 is 8.42 Å². The molecule has 0 bridgehead atoms. The van der Waals surface area contributed by atoms with Gasteiger partial charge >= 0.3 is 0 Å².